The van der Waals surface area contributed by atoms with E-state index in [1.165, 1.54) is 5.56 Å². The smallest absolute Gasteiger partial charge is 0.275 e. The van der Waals surface area contributed by atoms with Crippen molar-refractivity contribution in [3.63, 3.8) is 0 Å². The van der Waals surface area contributed by atoms with Crippen LogP contribution in [0.5, 0.6) is 0 Å². The molecule has 2 aromatic rings. The summed E-state index contributed by atoms with van der Waals surface area (Å²) in [6, 6.07) is 14.2. The van der Waals surface area contributed by atoms with Gasteiger partial charge in [-0.15, -0.1) is 0 Å². The Morgan fingerprint density at radius 2 is 1.87 bits per heavy atom. The summed E-state index contributed by atoms with van der Waals surface area (Å²) < 4.78 is 28.5. The van der Waals surface area contributed by atoms with Gasteiger partial charge in [0.2, 0.25) is 10.0 Å². The minimum atomic E-state index is -3.47. The van der Waals surface area contributed by atoms with Gasteiger partial charge in [0.05, 0.1) is 5.75 Å². The highest BCUT2D eigenvalue weighted by Gasteiger charge is 2.34. The molecule has 0 saturated carbocycles. The van der Waals surface area contributed by atoms with Crippen LogP contribution in [-0.2, 0) is 23.0 Å². The summed E-state index contributed by atoms with van der Waals surface area (Å²) in [5, 5.41) is 0. The number of benzene rings is 1. The molecule has 6 nitrogen and oxygen atoms in total. The maximum Gasteiger partial charge on any atom is 0.275 e. The lowest BCUT2D eigenvalue weighted by Crippen LogP contribution is -2.47. The van der Waals surface area contributed by atoms with E-state index >= 15 is 0 Å². The second kappa shape index (κ2) is 8.94. The fraction of sp³-hybridized carbons (Fsp3) is 0.522. The maximum absolute atomic E-state index is 13.0. The highest BCUT2D eigenvalue weighted by molar-refractivity contribution is 7.92. The Bertz CT molecular complexity index is 1030. The number of likely N-dealkylation sites (tertiary alicyclic amines) is 1. The van der Waals surface area contributed by atoms with Gasteiger partial charge in [-0.25, -0.2) is 8.42 Å². The van der Waals surface area contributed by atoms with Gasteiger partial charge in [0.1, 0.15) is 5.69 Å². The third-order valence-electron chi connectivity index (χ3n) is 6.20. The van der Waals surface area contributed by atoms with E-state index in [9.17, 15) is 13.2 Å². The Balaban J connectivity index is 1.43. The van der Waals surface area contributed by atoms with Gasteiger partial charge in [0, 0.05) is 31.2 Å². The van der Waals surface area contributed by atoms with E-state index in [4.69, 9.17) is 0 Å². The zero-order valence-corrected chi connectivity index (χ0v) is 18.4. The average molecular weight is 430 g/mol. The van der Waals surface area contributed by atoms with Gasteiger partial charge in [-0.1, -0.05) is 37.3 Å². The minimum Gasteiger partial charge on any atom is -0.310 e. The highest BCUT2D eigenvalue weighted by atomic mass is 32.2. The number of aryl methyl sites for hydroxylation is 1. The van der Waals surface area contributed by atoms with Crippen molar-refractivity contribution in [3.05, 3.63) is 64.1 Å². The predicted octanol–water partition coefficient (Wildman–Crippen LogP) is 3.05. The molecule has 1 N–H and O–H groups in total. The highest BCUT2D eigenvalue weighted by Crippen LogP contribution is 2.35. The lowest BCUT2D eigenvalue weighted by molar-refractivity contribution is 0.119. The molecular formula is C23H31N3O3S. The molecule has 1 aromatic heterocycles. The summed E-state index contributed by atoms with van der Waals surface area (Å²) >= 11 is 0. The SMILES string of the molecule is CCCS(=O)(=O)Nc1ccc2n(c1=O)CC1CC2CN(CCCc2ccccc2)C1. The fourth-order valence-electron chi connectivity index (χ4n) is 4.94. The quantitative estimate of drug-likeness (QED) is 0.700. The zero-order chi connectivity index (χ0) is 21.1. The van der Waals surface area contributed by atoms with E-state index in [1.807, 2.05) is 17.6 Å². The van der Waals surface area contributed by atoms with Gasteiger partial charge in [0.15, 0.2) is 0 Å². The van der Waals surface area contributed by atoms with Crippen molar-refractivity contribution < 1.29 is 8.42 Å². The first-order chi connectivity index (χ1) is 14.4. The fourth-order valence-corrected chi connectivity index (χ4v) is 6.07. The molecule has 3 heterocycles. The summed E-state index contributed by atoms with van der Waals surface area (Å²) in [5.74, 6) is 0.800. The molecule has 1 saturated heterocycles. The first-order valence-corrected chi connectivity index (χ1v) is 12.6. The van der Waals surface area contributed by atoms with Crippen molar-refractivity contribution in [1.82, 2.24) is 9.47 Å². The molecule has 2 aliphatic heterocycles. The van der Waals surface area contributed by atoms with Crippen LogP contribution in [0.25, 0.3) is 0 Å². The summed E-state index contributed by atoms with van der Waals surface area (Å²) in [5.41, 5.74) is 2.39. The van der Waals surface area contributed by atoms with Gasteiger partial charge in [-0.3, -0.25) is 9.52 Å². The molecule has 2 unspecified atom stereocenters. The van der Waals surface area contributed by atoms with Crippen molar-refractivity contribution in [2.24, 2.45) is 5.92 Å². The molecule has 2 aliphatic rings. The largest absolute Gasteiger partial charge is 0.310 e. The van der Waals surface area contributed by atoms with Crippen LogP contribution in [0.4, 0.5) is 5.69 Å². The topological polar surface area (TPSA) is 71.4 Å². The van der Waals surface area contributed by atoms with Crippen molar-refractivity contribution in [2.45, 2.75) is 45.1 Å². The molecule has 7 heteroatoms. The van der Waals surface area contributed by atoms with Crippen molar-refractivity contribution >= 4 is 15.7 Å². The van der Waals surface area contributed by atoms with E-state index in [1.54, 1.807) is 6.07 Å². The summed E-state index contributed by atoms with van der Waals surface area (Å²) in [6.07, 6.45) is 3.85. The molecule has 0 radical (unpaired) electrons. The Morgan fingerprint density at radius 3 is 2.63 bits per heavy atom. The molecule has 30 heavy (non-hydrogen) atoms. The maximum atomic E-state index is 13.0. The van der Waals surface area contributed by atoms with Crippen LogP contribution in [0.3, 0.4) is 0 Å². The van der Waals surface area contributed by atoms with Crippen LogP contribution in [0, 0.1) is 5.92 Å². The number of pyridine rings is 1. The molecule has 0 spiro atoms. The summed E-state index contributed by atoms with van der Waals surface area (Å²) in [7, 11) is -3.47. The molecular weight excluding hydrogens is 398 g/mol. The van der Waals surface area contributed by atoms with Crippen LogP contribution in [-0.4, -0.2) is 43.3 Å². The third kappa shape index (κ3) is 4.78. The first kappa shape index (κ1) is 21.1. The first-order valence-electron chi connectivity index (χ1n) is 11.0. The van der Waals surface area contributed by atoms with Crippen molar-refractivity contribution in [1.29, 1.82) is 0 Å². The predicted molar refractivity (Wildman–Crippen MR) is 120 cm³/mol. The van der Waals surface area contributed by atoms with E-state index in [2.05, 4.69) is 40.0 Å². The second-order valence-electron chi connectivity index (χ2n) is 8.66. The van der Waals surface area contributed by atoms with E-state index < -0.39 is 10.0 Å². The number of anilines is 1. The Labute approximate surface area is 179 Å². The van der Waals surface area contributed by atoms with Gasteiger partial charge in [-0.05, 0) is 55.8 Å². The number of hydrogen-bond donors (Lipinski definition) is 1. The summed E-state index contributed by atoms with van der Waals surface area (Å²) in [6.45, 7) is 5.52. The number of rotatable bonds is 8. The van der Waals surface area contributed by atoms with Crippen molar-refractivity contribution in [3.8, 4) is 0 Å². The number of hydrogen-bond acceptors (Lipinski definition) is 4. The Morgan fingerprint density at radius 1 is 1.07 bits per heavy atom. The van der Waals surface area contributed by atoms with Crippen LogP contribution in [0.2, 0.25) is 0 Å². The Hall–Kier alpha value is -2.12. The van der Waals surface area contributed by atoms with E-state index in [0.717, 1.165) is 44.6 Å². The van der Waals surface area contributed by atoms with Gasteiger partial charge < -0.3 is 9.47 Å². The molecule has 162 valence electrons. The Kier molecular flexibility index (Phi) is 6.29. The number of piperidine rings is 1. The number of fused-ring (bicyclic) bond motifs is 4. The molecule has 2 atom stereocenters. The van der Waals surface area contributed by atoms with Crippen LogP contribution in [0.15, 0.2) is 47.3 Å². The second-order valence-corrected chi connectivity index (χ2v) is 10.5. The standard InChI is InChI=1S/C23H31N3O3S/c1-2-13-30(28,29)24-21-10-11-22-20-14-19(16-26(22)23(21)27)15-25(17-20)12-6-9-18-7-4-3-5-8-18/h3-5,7-8,10-11,19-20,24H,2,6,9,12-17H2,1H3. The normalized spacial score (nSPS) is 21.2. The van der Waals surface area contributed by atoms with Crippen LogP contribution >= 0.6 is 0 Å². The average Bonchev–Trinajstić information content (AvgIpc) is 2.71. The summed E-state index contributed by atoms with van der Waals surface area (Å²) in [4.78, 5) is 15.5. The number of nitrogens with zero attached hydrogens (tertiary/aromatic N) is 2. The van der Waals surface area contributed by atoms with Crippen LogP contribution in [0.1, 0.15) is 43.4 Å². The lowest BCUT2D eigenvalue weighted by atomic mass is 9.83. The molecule has 4 rings (SSSR count). The van der Waals surface area contributed by atoms with Crippen molar-refractivity contribution in [2.75, 3.05) is 30.1 Å². The number of nitrogens with one attached hydrogen (secondary N) is 1. The minimum absolute atomic E-state index is 0.0252. The lowest BCUT2D eigenvalue weighted by Gasteiger charge is -2.43. The molecule has 0 aliphatic carbocycles. The van der Waals surface area contributed by atoms with Gasteiger partial charge in [-0.2, -0.15) is 0 Å². The van der Waals surface area contributed by atoms with E-state index in [0.29, 0.717) is 24.8 Å². The number of sulfonamides is 1. The third-order valence-corrected chi connectivity index (χ3v) is 7.68. The number of aromatic nitrogens is 1. The molecule has 2 bridgehead atoms. The van der Waals surface area contributed by atoms with E-state index in [-0.39, 0.29) is 17.0 Å². The van der Waals surface area contributed by atoms with Gasteiger partial charge in [0.25, 0.3) is 5.56 Å². The monoisotopic (exact) mass is 429 g/mol. The molecule has 1 aromatic carbocycles. The molecule has 1 fully saturated rings. The van der Waals surface area contributed by atoms with Crippen LogP contribution < -0.4 is 10.3 Å². The molecule has 0 amide bonds. The van der Waals surface area contributed by atoms with Gasteiger partial charge >= 0.3 is 0 Å². The zero-order valence-electron chi connectivity index (χ0n) is 17.6.